The van der Waals surface area contributed by atoms with Crippen LogP contribution in [0.15, 0.2) is 0 Å². The SMILES string of the molecule is CCC(O)CNC(=O)c1c(I)c(NC(=O)CCO)c(I)c(C(=O)N(C)CC(O)CO)c1I. The molecule has 0 aliphatic heterocycles. The molecule has 0 fully saturated rings. The van der Waals surface area contributed by atoms with Crippen molar-refractivity contribution >= 4 is 91.2 Å². The predicted octanol–water partition coefficient (Wildman–Crippen LogP) is 0.747. The fourth-order valence-electron chi connectivity index (χ4n) is 2.56. The largest absolute Gasteiger partial charge is 0.396 e. The second-order valence-electron chi connectivity index (χ2n) is 6.88. The summed E-state index contributed by atoms with van der Waals surface area (Å²) in [5.41, 5.74) is 0.569. The molecule has 0 aliphatic rings. The van der Waals surface area contributed by atoms with Gasteiger partial charge in [0.2, 0.25) is 5.91 Å². The lowest BCUT2D eigenvalue weighted by atomic mass is 10.1. The van der Waals surface area contributed by atoms with E-state index in [1.807, 2.05) is 67.8 Å². The molecule has 1 aromatic carbocycles. The van der Waals surface area contributed by atoms with Crippen molar-refractivity contribution in [2.45, 2.75) is 32.0 Å². The van der Waals surface area contributed by atoms with Gasteiger partial charge in [0.1, 0.15) is 0 Å². The van der Waals surface area contributed by atoms with Crippen molar-refractivity contribution < 1.29 is 34.8 Å². The number of anilines is 1. The molecule has 0 aromatic heterocycles. The highest BCUT2D eigenvalue weighted by Gasteiger charge is 2.30. The Morgan fingerprint density at radius 3 is 2.12 bits per heavy atom. The van der Waals surface area contributed by atoms with Gasteiger partial charge < -0.3 is 36.0 Å². The first kappa shape index (κ1) is 29.7. The van der Waals surface area contributed by atoms with Gasteiger partial charge in [0.25, 0.3) is 11.8 Å². The summed E-state index contributed by atoms with van der Waals surface area (Å²) in [5.74, 6) is -1.52. The normalized spacial score (nSPS) is 12.8. The van der Waals surface area contributed by atoms with Gasteiger partial charge >= 0.3 is 0 Å². The van der Waals surface area contributed by atoms with Crippen molar-refractivity contribution in [1.82, 2.24) is 10.2 Å². The van der Waals surface area contributed by atoms with Crippen LogP contribution < -0.4 is 10.6 Å². The zero-order chi connectivity index (χ0) is 24.6. The number of aliphatic hydroxyl groups is 4. The van der Waals surface area contributed by atoms with Gasteiger partial charge in [0, 0.05) is 23.7 Å². The number of carbonyl (C=O) groups is 3. The van der Waals surface area contributed by atoms with E-state index < -0.39 is 36.5 Å². The molecule has 2 atom stereocenters. The van der Waals surface area contributed by atoms with Gasteiger partial charge in [-0.1, -0.05) is 6.92 Å². The second kappa shape index (κ2) is 14.1. The number of benzene rings is 1. The smallest absolute Gasteiger partial charge is 0.255 e. The van der Waals surface area contributed by atoms with Crippen molar-refractivity contribution in [3.63, 3.8) is 0 Å². The van der Waals surface area contributed by atoms with Crippen molar-refractivity contribution in [2.24, 2.45) is 0 Å². The summed E-state index contributed by atoms with van der Waals surface area (Å²) < 4.78 is 1.14. The molecule has 0 bridgehead atoms. The van der Waals surface area contributed by atoms with Gasteiger partial charge in [-0.2, -0.15) is 0 Å². The number of likely N-dealkylation sites (N-methyl/N-ethyl adjacent to an activating group) is 1. The van der Waals surface area contributed by atoms with Crippen LogP contribution in [0.5, 0.6) is 0 Å². The molecule has 1 aromatic rings. The van der Waals surface area contributed by atoms with Crippen LogP contribution in [-0.2, 0) is 4.79 Å². The van der Waals surface area contributed by atoms with Gasteiger partial charge in [0.05, 0.1) is 55.8 Å². The lowest BCUT2D eigenvalue weighted by Crippen LogP contribution is -2.38. The van der Waals surface area contributed by atoms with E-state index in [0.29, 0.717) is 17.1 Å². The van der Waals surface area contributed by atoms with Crippen LogP contribution in [-0.4, -0.2) is 88.6 Å². The maximum atomic E-state index is 13.2. The third kappa shape index (κ3) is 7.86. The van der Waals surface area contributed by atoms with Crippen molar-refractivity contribution in [2.75, 3.05) is 38.7 Å². The summed E-state index contributed by atoms with van der Waals surface area (Å²) in [4.78, 5) is 39.5. The fourth-order valence-corrected chi connectivity index (χ4v) is 6.94. The first-order valence-electron chi connectivity index (χ1n) is 9.61. The maximum Gasteiger partial charge on any atom is 0.255 e. The Kier molecular flexibility index (Phi) is 13.1. The number of nitrogens with one attached hydrogen (secondary N) is 2. The molecule has 0 radical (unpaired) electrons. The number of amides is 3. The molecule has 0 aliphatic carbocycles. The maximum absolute atomic E-state index is 13.2. The number of aliphatic hydroxyl groups excluding tert-OH is 4. The Balaban J connectivity index is 3.57. The molecule has 180 valence electrons. The summed E-state index contributed by atoms with van der Waals surface area (Å²) in [6, 6.07) is 0. The van der Waals surface area contributed by atoms with Crippen molar-refractivity contribution in [3.8, 4) is 0 Å². The van der Waals surface area contributed by atoms with Gasteiger partial charge in [0.15, 0.2) is 0 Å². The highest BCUT2D eigenvalue weighted by Crippen LogP contribution is 2.36. The quantitative estimate of drug-likeness (QED) is 0.181. The lowest BCUT2D eigenvalue weighted by Gasteiger charge is -2.24. The number of nitrogens with zero attached hydrogens (tertiary/aromatic N) is 1. The van der Waals surface area contributed by atoms with Gasteiger partial charge in [-0.25, -0.2) is 0 Å². The highest BCUT2D eigenvalue weighted by molar-refractivity contribution is 14.1. The van der Waals surface area contributed by atoms with Crippen LogP contribution in [0.4, 0.5) is 5.69 Å². The van der Waals surface area contributed by atoms with Crippen LogP contribution in [0.2, 0.25) is 0 Å². The van der Waals surface area contributed by atoms with E-state index >= 15 is 0 Å². The molecule has 0 saturated heterocycles. The molecule has 6 N–H and O–H groups in total. The first-order valence-corrected chi connectivity index (χ1v) is 12.8. The Morgan fingerprint density at radius 2 is 1.59 bits per heavy atom. The van der Waals surface area contributed by atoms with E-state index in [-0.39, 0.29) is 42.9 Å². The van der Waals surface area contributed by atoms with E-state index in [9.17, 15) is 24.6 Å². The van der Waals surface area contributed by atoms with Crippen LogP contribution >= 0.6 is 67.8 Å². The fraction of sp³-hybridized carbons (Fsp3) is 0.526. The molecule has 32 heavy (non-hydrogen) atoms. The topological polar surface area (TPSA) is 159 Å². The average Bonchev–Trinajstić information content (AvgIpc) is 2.74. The molecule has 10 nitrogen and oxygen atoms in total. The van der Waals surface area contributed by atoms with Crippen LogP contribution in [0.1, 0.15) is 40.5 Å². The standard InChI is InChI=1S/C19H26I3N3O7/c1-3-9(28)6-23-18(31)12-14(20)13(19(32)25(2)7-10(29)8-27)16(22)17(15(12)21)24-11(30)4-5-26/h9-10,26-29H,3-8H2,1-2H3,(H,23,31)(H,24,30). The van der Waals surface area contributed by atoms with E-state index in [4.69, 9.17) is 10.2 Å². The molecule has 3 amide bonds. The average molecular weight is 789 g/mol. The number of halogens is 3. The molecule has 13 heteroatoms. The molecular weight excluding hydrogens is 763 g/mol. The minimum atomic E-state index is -1.13. The third-order valence-electron chi connectivity index (χ3n) is 4.37. The molecule has 0 spiro atoms. The molecule has 2 unspecified atom stereocenters. The number of rotatable bonds is 11. The van der Waals surface area contributed by atoms with E-state index in [2.05, 4.69) is 10.6 Å². The predicted molar refractivity (Wildman–Crippen MR) is 144 cm³/mol. The van der Waals surface area contributed by atoms with Gasteiger partial charge in [-0.3, -0.25) is 14.4 Å². The number of hydrogen-bond donors (Lipinski definition) is 6. The van der Waals surface area contributed by atoms with Crippen LogP contribution in [0.25, 0.3) is 0 Å². The Bertz CT molecular complexity index is 854. The third-order valence-corrected chi connectivity index (χ3v) is 7.61. The second-order valence-corrected chi connectivity index (χ2v) is 10.1. The Morgan fingerprint density at radius 1 is 1.00 bits per heavy atom. The van der Waals surface area contributed by atoms with E-state index in [0.717, 1.165) is 0 Å². The zero-order valence-electron chi connectivity index (χ0n) is 17.5. The number of hydrogen-bond acceptors (Lipinski definition) is 7. The summed E-state index contributed by atoms with van der Waals surface area (Å²) in [7, 11) is 1.45. The van der Waals surface area contributed by atoms with Crippen molar-refractivity contribution in [3.05, 3.63) is 21.8 Å². The minimum Gasteiger partial charge on any atom is -0.396 e. The highest BCUT2D eigenvalue weighted by atomic mass is 127. The van der Waals surface area contributed by atoms with E-state index in [1.165, 1.54) is 11.9 Å². The Labute approximate surface area is 226 Å². The zero-order valence-corrected chi connectivity index (χ0v) is 24.0. The lowest BCUT2D eigenvalue weighted by molar-refractivity contribution is -0.116. The van der Waals surface area contributed by atoms with Gasteiger partial charge in [-0.15, -0.1) is 0 Å². The Hall–Kier alpha value is -0.340. The van der Waals surface area contributed by atoms with Gasteiger partial charge in [-0.05, 0) is 74.2 Å². The minimum absolute atomic E-state index is 0.0194. The van der Waals surface area contributed by atoms with Crippen molar-refractivity contribution in [1.29, 1.82) is 0 Å². The molecule has 0 saturated carbocycles. The molecule has 1 rings (SSSR count). The number of carbonyl (C=O) groups excluding carboxylic acids is 3. The summed E-state index contributed by atoms with van der Waals surface area (Å²) in [6.07, 6.45) is -1.57. The van der Waals surface area contributed by atoms with Crippen LogP contribution in [0.3, 0.4) is 0 Å². The first-order chi connectivity index (χ1) is 15.0. The molecule has 0 heterocycles. The molecular formula is C19H26I3N3O7. The van der Waals surface area contributed by atoms with Crippen LogP contribution in [0, 0.1) is 10.7 Å². The monoisotopic (exact) mass is 789 g/mol. The summed E-state index contributed by atoms with van der Waals surface area (Å²) in [5, 5.41) is 42.9. The van der Waals surface area contributed by atoms with E-state index in [1.54, 1.807) is 6.92 Å². The summed E-state index contributed by atoms with van der Waals surface area (Å²) in [6.45, 7) is 0.778. The summed E-state index contributed by atoms with van der Waals surface area (Å²) >= 11 is 5.70.